The lowest BCUT2D eigenvalue weighted by molar-refractivity contribution is -0.120. The van der Waals surface area contributed by atoms with E-state index in [1.165, 1.54) is 12.1 Å². The Bertz CT molecular complexity index is 669. The van der Waals surface area contributed by atoms with Gasteiger partial charge in [0, 0.05) is 12.0 Å². The number of benzene rings is 2. The van der Waals surface area contributed by atoms with Crippen LogP contribution in [0, 0.1) is 5.82 Å². The van der Waals surface area contributed by atoms with Crippen LogP contribution < -0.4 is 10.1 Å². The molecule has 3 nitrogen and oxygen atoms in total. The van der Waals surface area contributed by atoms with E-state index < -0.39 is 0 Å². The zero-order valence-corrected chi connectivity index (χ0v) is 12.4. The largest absolute Gasteiger partial charge is 0.496 e. The summed E-state index contributed by atoms with van der Waals surface area (Å²) in [4.78, 5) is 12.0. The van der Waals surface area contributed by atoms with Gasteiger partial charge in [0.1, 0.15) is 11.6 Å². The van der Waals surface area contributed by atoms with Gasteiger partial charge in [-0.15, -0.1) is 0 Å². The van der Waals surface area contributed by atoms with Gasteiger partial charge in [0.25, 0.3) is 0 Å². The summed E-state index contributed by atoms with van der Waals surface area (Å²) >= 11 is 0. The summed E-state index contributed by atoms with van der Waals surface area (Å²) in [6.07, 6.45) is 1.20. The van der Waals surface area contributed by atoms with Gasteiger partial charge in [0.2, 0.25) is 5.91 Å². The minimum absolute atomic E-state index is 0.0333. The third-order valence-corrected chi connectivity index (χ3v) is 3.95. The second-order valence-corrected chi connectivity index (χ2v) is 5.56. The molecule has 2 atom stereocenters. The number of halogens is 1. The molecule has 1 fully saturated rings. The summed E-state index contributed by atoms with van der Waals surface area (Å²) in [7, 11) is 1.66. The summed E-state index contributed by atoms with van der Waals surface area (Å²) in [6, 6.07) is 14.1. The average Bonchev–Trinajstić information content (AvgIpc) is 3.28. The van der Waals surface area contributed by atoms with E-state index in [1.54, 1.807) is 19.2 Å². The van der Waals surface area contributed by atoms with E-state index in [-0.39, 0.29) is 24.2 Å². The molecule has 0 aliphatic heterocycles. The van der Waals surface area contributed by atoms with Crippen molar-refractivity contribution < 1.29 is 13.9 Å². The van der Waals surface area contributed by atoms with Gasteiger partial charge in [-0.05, 0) is 35.7 Å². The highest BCUT2D eigenvalue weighted by Gasteiger charge is 2.40. The molecular weight excluding hydrogens is 281 g/mol. The number of nitrogens with one attached hydrogen (secondary N) is 1. The first-order valence-corrected chi connectivity index (χ1v) is 7.34. The van der Waals surface area contributed by atoms with Crippen LogP contribution in [0.25, 0.3) is 0 Å². The standard InChI is InChI=1S/C18H18FNO2/c1-22-17-5-3-2-4-14(17)15-11-16(15)20-18(21)10-12-6-8-13(19)9-7-12/h2-9,15-16H,10-11H2,1H3,(H,20,21). The minimum atomic E-state index is -0.289. The van der Waals surface area contributed by atoms with E-state index >= 15 is 0 Å². The van der Waals surface area contributed by atoms with E-state index in [1.807, 2.05) is 24.3 Å². The maximum absolute atomic E-state index is 12.8. The Morgan fingerprint density at radius 3 is 2.68 bits per heavy atom. The normalized spacial score (nSPS) is 19.5. The quantitative estimate of drug-likeness (QED) is 0.921. The third-order valence-electron chi connectivity index (χ3n) is 3.95. The third kappa shape index (κ3) is 3.27. The number of amides is 1. The summed E-state index contributed by atoms with van der Waals surface area (Å²) in [5.41, 5.74) is 1.95. The monoisotopic (exact) mass is 299 g/mol. The topological polar surface area (TPSA) is 38.3 Å². The molecule has 114 valence electrons. The predicted molar refractivity (Wildman–Crippen MR) is 82.4 cm³/mol. The van der Waals surface area contributed by atoms with Crippen molar-refractivity contribution in [3.63, 3.8) is 0 Å². The SMILES string of the molecule is COc1ccccc1C1CC1NC(=O)Cc1ccc(F)cc1. The van der Waals surface area contributed by atoms with E-state index in [0.29, 0.717) is 5.92 Å². The summed E-state index contributed by atoms with van der Waals surface area (Å²) in [6.45, 7) is 0. The molecule has 0 aromatic heterocycles. The van der Waals surface area contributed by atoms with Crippen molar-refractivity contribution in [1.82, 2.24) is 5.32 Å². The Morgan fingerprint density at radius 2 is 1.95 bits per heavy atom. The van der Waals surface area contributed by atoms with Crippen molar-refractivity contribution in [2.45, 2.75) is 24.8 Å². The molecule has 1 saturated carbocycles. The predicted octanol–water partition coefficient (Wildman–Crippen LogP) is 3.05. The molecule has 4 heteroatoms. The Morgan fingerprint density at radius 1 is 1.23 bits per heavy atom. The number of hydrogen-bond acceptors (Lipinski definition) is 2. The van der Waals surface area contributed by atoms with E-state index in [4.69, 9.17) is 4.74 Å². The number of carbonyl (C=O) groups is 1. The Hall–Kier alpha value is -2.36. The lowest BCUT2D eigenvalue weighted by Crippen LogP contribution is -2.28. The molecular formula is C18H18FNO2. The van der Waals surface area contributed by atoms with Crippen LogP contribution >= 0.6 is 0 Å². The molecule has 0 spiro atoms. The highest BCUT2D eigenvalue weighted by Crippen LogP contribution is 2.44. The maximum Gasteiger partial charge on any atom is 0.224 e. The van der Waals surface area contributed by atoms with Gasteiger partial charge >= 0.3 is 0 Å². The molecule has 0 bridgehead atoms. The highest BCUT2D eigenvalue weighted by molar-refractivity contribution is 5.79. The molecule has 2 aromatic rings. The first-order valence-electron chi connectivity index (χ1n) is 7.34. The Kier molecular flexibility index (Phi) is 4.09. The number of carbonyl (C=O) groups excluding carboxylic acids is 1. The van der Waals surface area contributed by atoms with Crippen LogP contribution in [0.15, 0.2) is 48.5 Å². The number of para-hydroxylation sites is 1. The number of methoxy groups -OCH3 is 1. The van der Waals surface area contributed by atoms with Gasteiger partial charge < -0.3 is 10.1 Å². The lowest BCUT2D eigenvalue weighted by Gasteiger charge is -2.08. The van der Waals surface area contributed by atoms with Crippen LogP contribution in [-0.4, -0.2) is 19.1 Å². The minimum Gasteiger partial charge on any atom is -0.496 e. The fourth-order valence-corrected chi connectivity index (χ4v) is 2.72. The van der Waals surface area contributed by atoms with Crippen LogP contribution in [-0.2, 0) is 11.2 Å². The molecule has 1 aliphatic rings. The van der Waals surface area contributed by atoms with Crippen molar-refractivity contribution in [2.75, 3.05) is 7.11 Å². The molecule has 1 N–H and O–H groups in total. The number of hydrogen-bond donors (Lipinski definition) is 1. The number of rotatable bonds is 5. The second-order valence-electron chi connectivity index (χ2n) is 5.56. The van der Waals surface area contributed by atoms with Crippen LogP contribution in [0.1, 0.15) is 23.5 Å². The fourth-order valence-electron chi connectivity index (χ4n) is 2.72. The van der Waals surface area contributed by atoms with Crippen molar-refractivity contribution in [3.05, 3.63) is 65.5 Å². The summed E-state index contributed by atoms with van der Waals surface area (Å²) < 4.78 is 18.2. The molecule has 2 unspecified atom stereocenters. The molecule has 0 radical (unpaired) electrons. The van der Waals surface area contributed by atoms with Gasteiger partial charge in [0.15, 0.2) is 0 Å². The van der Waals surface area contributed by atoms with Crippen LogP contribution in [0.5, 0.6) is 5.75 Å². The molecule has 0 heterocycles. The molecule has 2 aromatic carbocycles. The van der Waals surface area contributed by atoms with Crippen molar-refractivity contribution in [3.8, 4) is 5.75 Å². The molecule has 22 heavy (non-hydrogen) atoms. The van der Waals surface area contributed by atoms with Gasteiger partial charge in [0.05, 0.1) is 13.5 Å². The summed E-state index contributed by atoms with van der Waals surface area (Å²) in [5, 5.41) is 3.03. The average molecular weight is 299 g/mol. The molecule has 1 aliphatic carbocycles. The molecule has 3 rings (SSSR count). The van der Waals surface area contributed by atoms with Gasteiger partial charge in [-0.25, -0.2) is 4.39 Å². The smallest absolute Gasteiger partial charge is 0.224 e. The molecule has 0 saturated heterocycles. The van der Waals surface area contributed by atoms with Crippen molar-refractivity contribution in [1.29, 1.82) is 0 Å². The summed E-state index contributed by atoms with van der Waals surface area (Å²) in [5.74, 6) is 0.854. The zero-order chi connectivity index (χ0) is 15.5. The van der Waals surface area contributed by atoms with E-state index in [0.717, 1.165) is 23.3 Å². The first-order chi connectivity index (χ1) is 10.7. The molecule has 1 amide bonds. The van der Waals surface area contributed by atoms with E-state index in [9.17, 15) is 9.18 Å². The van der Waals surface area contributed by atoms with E-state index in [2.05, 4.69) is 5.32 Å². The number of ether oxygens (including phenoxy) is 1. The van der Waals surface area contributed by atoms with Crippen LogP contribution in [0.2, 0.25) is 0 Å². The van der Waals surface area contributed by atoms with Crippen LogP contribution in [0.3, 0.4) is 0 Å². The van der Waals surface area contributed by atoms with Gasteiger partial charge in [-0.3, -0.25) is 4.79 Å². The van der Waals surface area contributed by atoms with Crippen molar-refractivity contribution >= 4 is 5.91 Å². The van der Waals surface area contributed by atoms with Gasteiger partial charge in [-0.2, -0.15) is 0 Å². The van der Waals surface area contributed by atoms with Gasteiger partial charge in [-0.1, -0.05) is 30.3 Å². The maximum atomic E-state index is 12.8. The lowest BCUT2D eigenvalue weighted by atomic mass is 10.1. The Labute approximate surface area is 129 Å². The highest BCUT2D eigenvalue weighted by atomic mass is 19.1. The second kappa shape index (κ2) is 6.18. The fraction of sp³-hybridized carbons (Fsp3) is 0.278. The first kappa shape index (κ1) is 14.6. The Balaban J connectivity index is 1.57. The van der Waals surface area contributed by atoms with Crippen LogP contribution in [0.4, 0.5) is 4.39 Å². The zero-order valence-electron chi connectivity index (χ0n) is 12.4. The van der Waals surface area contributed by atoms with Crippen molar-refractivity contribution in [2.24, 2.45) is 0 Å².